The number of aromatic nitrogens is 1. The number of benzene rings is 1. The Morgan fingerprint density at radius 1 is 1.23 bits per heavy atom. The maximum Gasteiger partial charge on any atom is 0.410 e. The standard InChI is InChI=1S/C43H56ClN5O13S2/c1-24-13-12-14-31(58-11)43(54)22-41(6,62-38(52)46-43)25(2)36-42(7,61-36)32(20-34(50)48(9)29-18-27(17-24)19-30(57-10)35(29)44)60-37(51)26(3)47(8)39(53)59-23-40(4,5)64-63-33-16-15-28(21-45-33)49(55)56/h12-16,18-19,21,25-26,31-32,36,54H,17,20,22-23H2,1-11H3,(H,46,52)/b14-12+,24-13+/t25-,26-,31+,32-,36-,41-,42-,43-/m0/s1. The molecule has 0 aliphatic carbocycles. The summed E-state index contributed by atoms with van der Waals surface area (Å²) in [7, 11) is 8.40. The zero-order chi connectivity index (χ0) is 47.5. The highest BCUT2D eigenvalue weighted by Crippen LogP contribution is 2.52. The first-order valence-corrected chi connectivity index (χ1v) is 22.9. The van der Waals surface area contributed by atoms with Gasteiger partial charge in [0.2, 0.25) is 5.91 Å². The number of halogens is 1. The molecule has 0 saturated carbocycles. The molecule has 2 saturated heterocycles. The number of carbonyl (C=O) groups is 4. The molecule has 5 rings (SSSR count). The minimum absolute atomic E-state index is 0.0721. The number of hydrogen-bond donors (Lipinski definition) is 2. The molecule has 18 nitrogen and oxygen atoms in total. The van der Waals surface area contributed by atoms with E-state index < -0.39 is 87.4 Å². The molecule has 3 aliphatic rings. The molecule has 2 N–H and O–H groups in total. The summed E-state index contributed by atoms with van der Waals surface area (Å²) in [4.78, 5) is 71.8. The van der Waals surface area contributed by atoms with E-state index in [1.165, 1.54) is 66.8 Å². The number of ether oxygens (including phenoxy) is 6. The van der Waals surface area contributed by atoms with Crippen molar-refractivity contribution in [1.82, 2.24) is 15.2 Å². The van der Waals surface area contributed by atoms with Gasteiger partial charge in [0.25, 0.3) is 5.69 Å². The summed E-state index contributed by atoms with van der Waals surface area (Å²) < 4.78 is 34.6. The fourth-order valence-electron chi connectivity index (χ4n) is 7.53. The Kier molecular flexibility index (Phi) is 15.6. The molecule has 0 spiro atoms. The van der Waals surface area contributed by atoms with Crippen molar-refractivity contribution in [3.05, 3.63) is 75.0 Å². The topological polar surface area (TPSA) is 222 Å². The van der Waals surface area contributed by atoms with Crippen LogP contribution in [-0.4, -0.2) is 125 Å². The monoisotopic (exact) mass is 949 g/mol. The second kappa shape index (κ2) is 19.9. The number of nitrogens with zero attached hydrogens (tertiary/aromatic N) is 4. The number of carbonyl (C=O) groups excluding carboxylic acids is 4. The number of methoxy groups -OCH3 is 2. The maximum atomic E-state index is 14.3. The van der Waals surface area contributed by atoms with Crippen LogP contribution in [0.2, 0.25) is 5.02 Å². The Morgan fingerprint density at radius 3 is 2.56 bits per heavy atom. The molecule has 350 valence electrons. The number of hydrogen-bond acceptors (Lipinski definition) is 16. The highest BCUT2D eigenvalue weighted by atomic mass is 35.5. The molecular formula is C43H56ClN5O13S2. The molecule has 21 heteroatoms. The SMILES string of the molecule is COc1cc2cc(c1Cl)N(C)C(=O)C[C@H](OC(=O)[C@H](C)N(C)C(=O)OCC(C)(C)SSc1ccc([N+](=O)[O-])cn1)[C@]1(C)O[C@H]1[C@H](C)[C@]1(C)C[C@@](O)(NC(=O)O1)[C@H](OC)/C=C/C=C(\C)C2. The van der Waals surface area contributed by atoms with Crippen molar-refractivity contribution in [2.45, 2.75) is 119 Å². The average Bonchev–Trinajstić information content (AvgIpc) is 3.93. The van der Waals surface area contributed by atoms with Gasteiger partial charge >= 0.3 is 18.2 Å². The number of nitrogens with one attached hydrogen (secondary N) is 1. The van der Waals surface area contributed by atoms with Crippen molar-refractivity contribution in [3.8, 4) is 5.75 Å². The van der Waals surface area contributed by atoms with Crippen molar-refractivity contribution in [2.75, 3.05) is 39.8 Å². The van der Waals surface area contributed by atoms with Gasteiger partial charge in [0, 0.05) is 39.6 Å². The van der Waals surface area contributed by atoms with E-state index in [0.29, 0.717) is 22.9 Å². The molecule has 2 aromatic rings. The van der Waals surface area contributed by atoms with Gasteiger partial charge in [-0.25, -0.2) is 19.4 Å². The summed E-state index contributed by atoms with van der Waals surface area (Å²) in [6.45, 7) is 12.1. The zero-order valence-corrected chi connectivity index (χ0v) is 40.1. The lowest BCUT2D eigenvalue weighted by Crippen LogP contribution is -2.67. The second-order valence-electron chi connectivity index (χ2n) is 17.3. The van der Waals surface area contributed by atoms with E-state index in [-0.39, 0.29) is 23.7 Å². The van der Waals surface area contributed by atoms with Crippen LogP contribution in [0.1, 0.15) is 66.9 Å². The van der Waals surface area contributed by atoms with Crippen LogP contribution < -0.4 is 15.0 Å². The van der Waals surface area contributed by atoms with Crippen molar-refractivity contribution in [3.63, 3.8) is 0 Å². The molecule has 4 heterocycles. The van der Waals surface area contributed by atoms with Crippen LogP contribution in [0.15, 0.2) is 59.3 Å². The number of fused-ring (bicyclic) bond motifs is 5. The predicted octanol–water partition coefficient (Wildman–Crippen LogP) is 7.04. The van der Waals surface area contributed by atoms with Gasteiger partial charge in [-0.05, 0) is 82.5 Å². The lowest BCUT2D eigenvalue weighted by atomic mass is 9.75. The summed E-state index contributed by atoms with van der Waals surface area (Å²) in [5.41, 5.74) is -2.71. The highest BCUT2D eigenvalue weighted by Gasteiger charge is 2.67. The maximum absolute atomic E-state index is 14.3. The molecule has 64 heavy (non-hydrogen) atoms. The van der Waals surface area contributed by atoms with Crippen LogP contribution in [0.3, 0.4) is 0 Å². The summed E-state index contributed by atoms with van der Waals surface area (Å²) in [5.74, 6) is -1.66. The van der Waals surface area contributed by atoms with Crippen molar-refractivity contribution < 1.29 is 57.6 Å². The largest absolute Gasteiger partial charge is 0.495 e. The Labute approximate surface area is 385 Å². The van der Waals surface area contributed by atoms with Gasteiger partial charge in [-0.1, -0.05) is 53.1 Å². The minimum Gasteiger partial charge on any atom is -0.495 e. The van der Waals surface area contributed by atoms with E-state index >= 15 is 0 Å². The second-order valence-corrected chi connectivity index (χ2v) is 20.5. The Hall–Kier alpha value is -4.60. The van der Waals surface area contributed by atoms with Gasteiger partial charge in [0.05, 0.1) is 35.0 Å². The summed E-state index contributed by atoms with van der Waals surface area (Å²) in [6.07, 6.45) is 1.55. The van der Waals surface area contributed by atoms with E-state index in [1.54, 1.807) is 52.1 Å². The molecule has 0 radical (unpaired) electrons. The van der Waals surface area contributed by atoms with Gasteiger partial charge in [-0.2, -0.15) is 0 Å². The molecule has 3 amide bonds. The van der Waals surface area contributed by atoms with Crippen LogP contribution in [0.25, 0.3) is 0 Å². The molecule has 1 aromatic heterocycles. The minimum atomic E-state index is -1.91. The quantitative estimate of drug-likeness (QED) is 0.0576. The van der Waals surface area contributed by atoms with Gasteiger partial charge in [0.15, 0.2) is 5.72 Å². The predicted molar refractivity (Wildman–Crippen MR) is 240 cm³/mol. The molecule has 3 aliphatic heterocycles. The first-order chi connectivity index (χ1) is 29.9. The molecule has 8 atom stereocenters. The van der Waals surface area contributed by atoms with Crippen LogP contribution in [0.4, 0.5) is 21.0 Å². The molecule has 0 unspecified atom stereocenters. The molecule has 2 fully saturated rings. The number of esters is 1. The van der Waals surface area contributed by atoms with Crippen LogP contribution in [-0.2, 0) is 39.7 Å². The number of anilines is 1. The van der Waals surface area contributed by atoms with Crippen molar-refractivity contribution in [2.24, 2.45) is 5.92 Å². The van der Waals surface area contributed by atoms with Gasteiger partial charge in [0.1, 0.15) is 58.1 Å². The number of nitro groups is 1. The fourth-order valence-corrected chi connectivity index (χ4v) is 9.86. The molecule has 4 bridgehead atoms. The third kappa shape index (κ3) is 11.4. The number of aliphatic hydroxyl groups is 1. The van der Waals surface area contributed by atoms with Gasteiger partial charge in [-0.3, -0.25) is 25.1 Å². The number of amides is 3. The van der Waals surface area contributed by atoms with E-state index in [4.69, 9.17) is 40.0 Å². The van der Waals surface area contributed by atoms with Gasteiger partial charge < -0.3 is 38.4 Å². The highest BCUT2D eigenvalue weighted by molar-refractivity contribution is 8.77. The normalized spacial score (nSPS) is 29.1. The Bertz CT molecular complexity index is 2180. The van der Waals surface area contributed by atoms with Crippen molar-refractivity contribution in [1.29, 1.82) is 0 Å². The number of likely N-dealkylation sites (N-methyl/N-ethyl adjacent to an activating group) is 1. The fraction of sp³-hybridized carbons (Fsp3) is 0.558. The first-order valence-electron chi connectivity index (χ1n) is 20.3. The summed E-state index contributed by atoms with van der Waals surface area (Å²) in [5, 5.41) is 26.2. The number of pyridine rings is 1. The lowest BCUT2D eigenvalue weighted by molar-refractivity contribution is -0.385. The third-order valence-electron chi connectivity index (χ3n) is 11.8. The van der Waals surface area contributed by atoms with Crippen LogP contribution >= 0.6 is 33.2 Å². The lowest BCUT2D eigenvalue weighted by Gasteiger charge is -2.47. The van der Waals surface area contributed by atoms with E-state index in [2.05, 4.69) is 10.3 Å². The van der Waals surface area contributed by atoms with Crippen LogP contribution in [0, 0.1) is 16.0 Å². The number of alkyl carbamates (subject to hydrolysis) is 1. The van der Waals surface area contributed by atoms with Gasteiger partial charge in [-0.15, -0.1) is 0 Å². The van der Waals surface area contributed by atoms with E-state index in [9.17, 15) is 34.4 Å². The van der Waals surface area contributed by atoms with Crippen molar-refractivity contribution >= 4 is 68.6 Å². The van der Waals surface area contributed by atoms with E-state index in [1.807, 2.05) is 26.8 Å². The number of allylic oxidation sites excluding steroid dienone is 3. The zero-order valence-electron chi connectivity index (χ0n) is 37.7. The molecule has 1 aromatic carbocycles. The summed E-state index contributed by atoms with van der Waals surface area (Å²) >= 11 is 6.80. The number of epoxide rings is 1. The Morgan fingerprint density at radius 2 is 1.94 bits per heavy atom. The van der Waals surface area contributed by atoms with E-state index in [0.717, 1.165) is 22.2 Å². The Balaban J connectivity index is 1.40. The number of rotatable bonds is 11. The summed E-state index contributed by atoms with van der Waals surface area (Å²) in [6, 6.07) is 5.21. The smallest absolute Gasteiger partial charge is 0.410 e. The molecular weight excluding hydrogens is 894 g/mol. The van der Waals surface area contributed by atoms with Crippen LogP contribution in [0.5, 0.6) is 5.75 Å². The third-order valence-corrected chi connectivity index (χ3v) is 15.3. The average molecular weight is 951 g/mol. The first kappa shape index (κ1) is 50.4.